The van der Waals surface area contributed by atoms with Crippen LogP contribution in [0.2, 0.25) is 0 Å². The summed E-state index contributed by atoms with van der Waals surface area (Å²) in [5.41, 5.74) is 2.75. The summed E-state index contributed by atoms with van der Waals surface area (Å²) in [5.74, 6) is -0.260. The van der Waals surface area contributed by atoms with Gasteiger partial charge in [-0.15, -0.1) is 0 Å². The van der Waals surface area contributed by atoms with Gasteiger partial charge in [-0.25, -0.2) is 4.79 Å². The van der Waals surface area contributed by atoms with E-state index in [9.17, 15) is 14.4 Å². The van der Waals surface area contributed by atoms with Crippen molar-refractivity contribution in [3.8, 4) is 0 Å². The molecule has 1 atom stereocenters. The molecule has 1 fully saturated rings. The highest BCUT2D eigenvalue weighted by atomic mass is 16.2. The molecule has 6 heteroatoms. The van der Waals surface area contributed by atoms with Crippen molar-refractivity contribution >= 4 is 23.5 Å². The van der Waals surface area contributed by atoms with E-state index in [1.54, 1.807) is 24.1 Å². The molecule has 1 heterocycles. The van der Waals surface area contributed by atoms with Crippen LogP contribution in [0.1, 0.15) is 24.5 Å². The van der Waals surface area contributed by atoms with E-state index >= 15 is 0 Å². The molecule has 2 aromatic carbocycles. The van der Waals surface area contributed by atoms with Gasteiger partial charge in [0.1, 0.15) is 0 Å². The van der Waals surface area contributed by atoms with Crippen LogP contribution in [0.3, 0.4) is 0 Å². The van der Waals surface area contributed by atoms with Gasteiger partial charge in [0.25, 0.3) is 0 Å². The van der Waals surface area contributed by atoms with Crippen molar-refractivity contribution in [2.24, 2.45) is 0 Å². The molecule has 1 N–H and O–H groups in total. The number of carbonyl (C=O) groups is 3. The standard InChI is InChI=1S/C21H23N3O3/c1-15(25)22-18-10-8-17(9-11-18)14-23(2)21(27)24-19(13-20(24)26)12-16-6-4-3-5-7-16/h3-11,19H,12-14H2,1-2H3,(H,22,25)/t19-/m0/s1. The van der Waals surface area contributed by atoms with Crippen LogP contribution in [0.5, 0.6) is 0 Å². The van der Waals surface area contributed by atoms with Gasteiger partial charge in [-0.3, -0.25) is 14.5 Å². The zero-order valence-corrected chi connectivity index (χ0v) is 15.5. The first-order chi connectivity index (χ1) is 12.9. The van der Waals surface area contributed by atoms with Gasteiger partial charge in [0.2, 0.25) is 11.8 Å². The first-order valence-electron chi connectivity index (χ1n) is 8.91. The highest BCUT2D eigenvalue weighted by Crippen LogP contribution is 2.25. The molecule has 140 valence electrons. The Morgan fingerprint density at radius 1 is 1.07 bits per heavy atom. The Balaban J connectivity index is 1.60. The highest BCUT2D eigenvalue weighted by Gasteiger charge is 2.41. The molecule has 0 aliphatic carbocycles. The highest BCUT2D eigenvalue weighted by molar-refractivity contribution is 5.99. The lowest BCUT2D eigenvalue weighted by molar-refractivity contribution is -0.141. The summed E-state index contributed by atoms with van der Waals surface area (Å²) in [5, 5.41) is 2.71. The van der Waals surface area contributed by atoms with E-state index in [1.165, 1.54) is 11.8 Å². The summed E-state index contributed by atoms with van der Waals surface area (Å²) < 4.78 is 0. The quantitative estimate of drug-likeness (QED) is 0.828. The smallest absolute Gasteiger partial charge is 0.326 e. The van der Waals surface area contributed by atoms with E-state index in [0.29, 0.717) is 25.1 Å². The van der Waals surface area contributed by atoms with Crippen LogP contribution in [0, 0.1) is 0 Å². The molecule has 1 aliphatic rings. The maximum Gasteiger partial charge on any atom is 0.327 e. The van der Waals surface area contributed by atoms with Crippen molar-refractivity contribution in [1.29, 1.82) is 0 Å². The number of nitrogens with one attached hydrogen (secondary N) is 1. The first kappa shape index (κ1) is 18.6. The van der Waals surface area contributed by atoms with Crippen LogP contribution in [0.4, 0.5) is 10.5 Å². The Labute approximate surface area is 158 Å². The predicted octanol–water partition coefficient (Wildman–Crippen LogP) is 3.04. The average molecular weight is 365 g/mol. The van der Waals surface area contributed by atoms with Crippen LogP contribution >= 0.6 is 0 Å². The van der Waals surface area contributed by atoms with E-state index in [-0.39, 0.29) is 23.9 Å². The van der Waals surface area contributed by atoms with Gasteiger partial charge in [-0.1, -0.05) is 42.5 Å². The molecule has 0 saturated carbocycles. The molecule has 0 spiro atoms. The third-order valence-electron chi connectivity index (χ3n) is 4.58. The molecule has 0 bridgehead atoms. The Morgan fingerprint density at radius 3 is 2.33 bits per heavy atom. The maximum absolute atomic E-state index is 12.7. The minimum atomic E-state index is -0.280. The Morgan fingerprint density at radius 2 is 1.74 bits per heavy atom. The lowest BCUT2D eigenvalue weighted by atomic mass is 9.95. The summed E-state index contributed by atoms with van der Waals surface area (Å²) in [6.07, 6.45) is 1.08. The number of β-lactam (4-membered cyclic amide) rings is 1. The van der Waals surface area contributed by atoms with Crippen LogP contribution < -0.4 is 5.32 Å². The number of rotatable bonds is 5. The minimum absolute atomic E-state index is 0.0861. The van der Waals surface area contributed by atoms with Gasteiger partial charge in [0, 0.05) is 32.6 Å². The van der Waals surface area contributed by atoms with Crippen molar-refractivity contribution < 1.29 is 14.4 Å². The molecule has 0 unspecified atom stereocenters. The Hall–Kier alpha value is -3.15. The largest absolute Gasteiger partial charge is 0.327 e. The second-order valence-corrected chi connectivity index (χ2v) is 6.83. The number of hydrogen-bond donors (Lipinski definition) is 1. The molecule has 3 rings (SSSR count). The van der Waals surface area contributed by atoms with Crippen LogP contribution in [0.25, 0.3) is 0 Å². The summed E-state index contributed by atoms with van der Waals surface area (Å²) in [7, 11) is 1.69. The monoisotopic (exact) mass is 365 g/mol. The number of hydrogen-bond acceptors (Lipinski definition) is 3. The molecule has 2 aromatic rings. The fourth-order valence-corrected chi connectivity index (χ4v) is 3.22. The zero-order valence-electron chi connectivity index (χ0n) is 15.5. The zero-order chi connectivity index (χ0) is 19.4. The second kappa shape index (κ2) is 8.03. The topological polar surface area (TPSA) is 69.7 Å². The first-order valence-corrected chi connectivity index (χ1v) is 8.91. The number of likely N-dealkylation sites (tertiary alicyclic amines) is 1. The van der Waals surface area contributed by atoms with E-state index in [2.05, 4.69) is 5.32 Å². The normalized spacial score (nSPS) is 15.9. The molecule has 27 heavy (non-hydrogen) atoms. The number of anilines is 1. The second-order valence-electron chi connectivity index (χ2n) is 6.83. The molecular weight excluding hydrogens is 342 g/mol. The Kier molecular flexibility index (Phi) is 5.54. The number of imide groups is 1. The average Bonchev–Trinajstić information content (AvgIpc) is 2.63. The van der Waals surface area contributed by atoms with Crippen molar-refractivity contribution in [2.75, 3.05) is 12.4 Å². The number of urea groups is 1. The predicted molar refractivity (Wildman–Crippen MR) is 103 cm³/mol. The van der Waals surface area contributed by atoms with Crippen molar-refractivity contribution in [3.05, 3.63) is 65.7 Å². The maximum atomic E-state index is 12.7. The molecule has 4 amide bonds. The molecule has 1 aliphatic heterocycles. The van der Waals surface area contributed by atoms with Gasteiger partial charge in [0.15, 0.2) is 0 Å². The fraction of sp³-hybridized carbons (Fsp3) is 0.286. The molecule has 0 aromatic heterocycles. The van der Waals surface area contributed by atoms with Crippen molar-refractivity contribution in [1.82, 2.24) is 9.80 Å². The number of nitrogens with zero attached hydrogens (tertiary/aromatic N) is 2. The van der Waals surface area contributed by atoms with Crippen LogP contribution in [0.15, 0.2) is 54.6 Å². The summed E-state index contributed by atoms with van der Waals surface area (Å²) in [6.45, 7) is 1.84. The fourth-order valence-electron chi connectivity index (χ4n) is 3.22. The Bertz CT molecular complexity index is 834. The van der Waals surface area contributed by atoms with Gasteiger partial charge in [0.05, 0.1) is 6.04 Å². The number of amides is 4. The van der Waals surface area contributed by atoms with E-state index in [4.69, 9.17) is 0 Å². The number of carbonyl (C=O) groups excluding carboxylic acids is 3. The summed E-state index contributed by atoms with van der Waals surface area (Å²) >= 11 is 0. The molecule has 1 saturated heterocycles. The van der Waals surface area contributed by atoms with Gasteiger partial charge < -0.3 is 10.2 Å². The lowest BCUT2D eigenvalue weighted by Crippen LogP contribution is -2.59. The molecular formula is C21H23N3O3. The lowest BCUT2D eigenvalue weighted by Gasteiger charge is -2.40. The number of benzene rings is 2. The van der Waals surface area contributed by atoms with Crippen molar-refractivity contribution in [3.63, 3.8) is 0 Å². The summed E-state index contributed by atoms with van der Waals surface area (Å²) in [4.78, 5) is 38.7. The molecule has 0 radical (unpaired) electrons. The van der Waals surface area contributed by atoms with Crippen LogP contribution in [-0.4, -0.2) is 40.7 Å². The van der Waals surface area contributed by atoms with Crippen LogP contribution in [-0.2, 0) is 22.6 Å². The van der Waals surface area contributed by atoms with E-state index in [0.717, 1.165) is 11.1 Å². The van der Waals surface area contributed by atoms with Crippen molar-refractivity contribution in [2.45, 2.75) is 32.4 Å². The minimum Gasteiger partial charge on any atom is -0.326 e. The third kappa shape index (κ3) is 4.53. The summed E-state index contributed by atoms with van der Waals surface area (Å²) in [6, 6.07) is 16.8. The van der Waals surface area contributed by atoms with Gasteiger partial charge >= 0.3 is 6.03 Å². The molecule has 6 nitrogen and oxygen atoms in total. The third-order valence-corrected chi connectivity index (χ3v) is 4.58. The SMILES string of the molecule is CC(=O)Nc1ccc(CN(C)C(=O)N2C(=O)C[C@@H]2Cc2ccccc2)cc1. The van der Waals surface area contributed by atoms with Gasteiger partial charge in [-0.05, 0) is 29.7 Å². The van der Waals surface area contributed by atoms with Gasteiger partial charge in [-0.2, -0.15) is 0 Å². The van der Waals surface area contributed by atoms with E-state index < -0.39 is 0 Å². The van der Waals surface area contributed by atoms with E-state index in [1.807, 2.05) is 42.5 Å².